The van der Waals surface area contributed by atoms with Crippen LogP contribution in [0.5, 0.6) is 0 Å². The van der Waals surface area contributed by atoms with Gasteiger partial charge in [-0.15, -0.1) is 0 Å². The van der Waals surface area contributed by atoms with Gasteiger partial charge in [-0.2, -0.15) is 0 Å². The van der Waals surface area contributed by atoms with Gasteiger partial charge in [0.2, 0.25) is 5.91 Å². The standard InChI is InChI=1S/C25H25FN4O/c26-20-9-3-5-17(15-20)12-14-29-25-21(10-11-22(30-25)18-6-1-2-7-18)23(24(27)31)19-8-4-13-28-16-19/h3-6,8-11,13,15-16,23H,1-2,7,12,14H2,(H2,27,31)(H,29,30). The number of hydrogen-bond acceptors (Lipinski definition) is 4. The molecule has 6 heteroatoms. The van der Waals surface area contributed by atoms with E-state index in [1.807, 2.05) is 24.3 Å². The largest absolute Gasteiger partial charge is 0.369 e. The van der Waals surface area contributed by atoms with Crippen molar-refractivity contribution >= 4 is 17.3 Å². The molecule has 3 aromatic rings. The minimum atomic E-state index is -0.663. The third-order valence-electron chi connectivity index (χ3n) is 5.50. The van der Waals surface area contributed by atoms with E-state index in [9.17, 15) is 9.18 Å². The van der Waals surface area contributed by atoms with E-state index in [2.05, 4.69) is 16.4 Å². The maximum absolute atomic E-state index is 13.5. The number of carbonyl (C=O) groups excluding carboxylic acids is 1. The third kappa shape index (κ3) is 4.97. The lowest BCUT2D eigenvalue weighted by molar-refractivity contribution is -0.118. The van der Waals surface area contributed by atoms with Crippen LogP contribution in [-0.4, -0.2) is 22.4 Å². The van der Waals surface area contributed by atoms with Crippen molar-refractivity contribution in [1.82, 2.24) is 9.97 Å². The number of allylic oxidation sites excluding steroid dienone is 2. The topological polar surface area (TPSA) is 80.9 Å². The summed E-state index contributed by atoms with van der Waals surface area (Å²) in [7, 11) is 0. The van der Waals surface area contributed by atoms with Crippen molar-refractivity contribution in [3.05, 3.63) is 95.2 Å². The van der Waals surface area contributed by atoms with Crippen LogP contribution >= 0.6 is 0 Å². The van der Waals surface area contributed by atoms with Crippen LogP contribution in [0.1, 0.15) is 47.6 Å². The Balaban J connectivity index is 1.65. The van der Waals surface area contributed by atoms with Crippen molar-refractivity contribution in [3.8, 4) is 0 Å². The Kier molecular flexibility index (Phi) is 6.36. The average Bonchev–Trinajstić information content (AvgIpc) is 3.30. The Morgan fingerprint density at radius 3 is 2.81 bits per heavy atom. The Bertz CT molecular complexity index is 1100. The monoisotopic (exact) mass is 416 g/mol. The van der Waals surface area contributed by atoms with Crippen LogP contribution in [0.2, 0.25) is 0 Å². The van der Waals surface area contributed by atoms with E-state index >= 15 is 0 Å². The number of nitrogens with one attached hydrogen (secondary N) is 1. The predicted molar refractivity (Wildman–Crippen MR) is 120 cm³/mol. The van der Waals surface area contributed by atoms with Crippen molar-refractivity contribution in [2.45, 2.75) is 31.6 Å². The molecule has 1 amide bonds. The van der Waals surface area contributed by atoms with Crippen LogP contribution in [0.15, 0.2) is 67.0 Å². The van der Waals surface area contributed by atoms with Gasteiger partial charge >= 0.3 is 0 Å². The van der Waals surface area contributed by atoms with Crippen LogP contribution in [0.4, 0.5) is 10.2 Å². The molecule has 1 aliphatic carbocycles. The number of nitrogens with two attached hydrogens (primary N) is 1. The summed E-state index contributed by atoms with van der Waals surface area (Å²) in [6, 6.07) is 14.1. The third-order valence-corrected chi connectivity index (χ3v) is 5.50. The first-order valence-corrected chi connectivity index (χ1v) is 10.5. The van der Waals surface area contributed by atoms with E-state index in [1.165, 1.54) is 17.7 Å². The summed E-state index contributed by atoms with van der Waals surface area (Å²) >= 11 is 0. The van der Waals surface area contributed by atoms with Gasteiger partial charge in [0.25, 0.3) is 0 Å². The highest BCUT2D eigenvalue weighted by Gasteiger charge is 2.25. The van der Waals surface area contributed by atoms with Gasteiger partial charge in [0.15, 0.2) is 0 Å². The lowest BCUT2D eigenvalue weighted by atomic mass is 9.91. The molecule has 1 atom stereocenters. The molecule has 3 N–H and O–H groups in total. The molecule has 0 aliphatic heterocycles. The Morgan fingerprint density at radius 1 is 1.19 bits per heavy atom. The molecule has 5 nitrogen and oxygen atoms in total. The summed E-state index contributed by atoms with van der Waals surface area (Å²) in [6.45, 7) is 0.546. The van der Waals surface area contributed by atoms with Crippen LogP contribution in [0.3, 0.4) is 0 Å². The normalized spacial score (nSPS) is 14.2. The number of pyridine rings is 2. The molecule has 31 heavy (non-hydrogen) atoms. The molecule has 2 aromatic heterocycles. The van der Waals surface area contributed by atoms with E-state index in [0.717, 1.165) is 36.1 Å². The van der Waals surface area contributed by atoms with Crippen LogP contribution in [0.25, 0.3) is 5.57 Å². The van der Waals surface area contributed by atoms with Crippen LogP contribution in [0, 0.1) is 5.82 Å². The Hall–Kier alpha value is -3.54. The fourth-order valence-electron chi connectivity index (χ4n) is 3.99. The second kappa shape index (κ2) is 9.51. The fraction of sp³-hybridized carbons (Fsp3) is 0.240. The first-order chi connectivity index (χ1) is 15.1. The average molecular weight is 417 g/mol. The molecule has 158 valence electrons. The van der Waals surface area contributed by atoms with Gasteiger partial charge in [0.1, 0.15) is 11.6 Å². The maximum Gasteiger partial charge on any atom is 0.229 e. The molecule has 0 radical (unpaired) electrons. The molecular weight excluding hydrogens is 391 g/mol. The molecule has 0 bridgehead atoms. The summed E-state index contributed by atoms with van der Waals surface area (Å²) in [6.07, 6.45) is 9.33. The molecule has 0 saturated heterocycles. The van der Waals surface area contributed by atoms with E-state index < -0.39 is 11.8 Å². The fourth-order valence-corrected chi connectivity index (χ4v) is 3.99. The minimum absolute atomic E-state index is 0.253. The van der Waals surface area contributed by atoms with Crippen molar-refractivity contribution in [3.63, 3.8) is 0 Å². The highest BCUT2D eigenvalue weighted by Crippen LogP contribution is 2.33. The summed E-state index contributed by atoms with van der Waals surface area (Å²) in [5.41, 5.74) is 10.2. The Labute approximate surface area is 181 Å². The van der Waals surface area contributed by atoms with Crippen molar-refractivity contribution < 1.29 is 9.18 Å². The predicted octanol–water partition coefficient (Wildman–Crippen LogP) is 4.45. The highest BCUT2D eigenvalue weighted by molar-refractivity contribution is 5.87. The van der Waals surface area contributed by atoms with Crippen molar-refractivity contribution in [1.29, 1.82) is 0 Å². The van der Waals surface area contributed by atoms with E-state index in [0.29, 0.717) is 24.3 Å². The maximum atomic E-state index is 13.5. The second-order valence-electron chi connectivity index (χ2n) is 7.68. The number of primary amides is 1. The number of nitrogens with zero attached hydrogens (tertiary/aromatic N) is 2. The molecule has 1 aliphatic rings. The molecule has 0 spiro atoms. The zero-order chi connectivity index (χ0) is 21.6. The number of halogens is 1. The van der Waals surface area contributed by atoms with Gasteiger partial charge in [0.05, 0.1) is 11.6 Å². The van der Waals surface area contributed by atoms with Gasteiger partial charge in [-0.05, 0) is 66.6 Å². The Morgan fingerprint density at radius 2 is 2.10 bits per heavy atom. The number of hydrogen-bond donors (Lipinski definition) is 2. The lowest BCUT2D eigenvalue weighted by Crippen LogP contribution is -2.24. The van der Waals surface area contributed by atoms with E-state index in [1.54, 1.807) is 24.5 Å². The highest BCUT2D eigenvalue weighted by atomic mass is 19.1. The number of rotatable bonds is 8. The zero-order valence-electron chi connectivity index (χ0n) is 17.2. The van der Waals surface area contributed by atoms with Gasteiger partial charge in [0, 0.05) is 24.5 Å². The first kappa shape index (κ1) is 20.7. The molecule has 2 heterocycles. The number of aromatic nitrogens is 2. The van der Waals surface area contributed by atoms with Crippen molar-refractivity contribution in [2.75, 3.05) is 11.9 Å². The molecule has 0 fully saturated rings. The van der Waals surface area contributed by atoms with Gasteiger partial charge < -0.3 is 11.1 Å². The van der Waals surface area contributed by atoms with E-state index in [-0.39, 0.29) is 5.82 Å². The number of carbonyl (C=O) groups is 1. The minimum Gasteiger partial charge on any atom is -0.369 e. The summed E-state index contributed by atoms with van der Waals surface area (Å²) < 4.78 is 13.5. The van der Waals surface area contributed by atoms with Gasteiger partial charge in [-0.25, -0.2) is 9.37 Å². The molecular formula is C25H25FN4O. The lowest BCUT2D eigenvalue weighted by Gasteiger charge is -2.19. The van der Waals surface area contributed by atoms with Crippen molar-refractivity contribution in [2.24, 2.45) is 5.73 Å². The molecule has 1 aromatic carbocycles. The van der Waals surface area contributed by atoms with Crippen LogP contribution < -0.4 is 11.1 Å². The van der Waals surface area contributed by atoms with E-state index in [4.69, 9.17) is 10.7 Å². The first-order valence-electron chi connectivity index (χ1n) is 10.5. The molecule has 1 unspecified atom stereocenters. The molecule has 0 saturated carbocycles. The van der Waals surface area contributed by atoms with Crippen LogP contribution in [-0.2, 0) is 11.2 Å². The summed E-state index contributed by atoms with van der Waals surface area (Å²) in [5.74, 6) is -0.758. The summed E-state index contributed by atoms with van der Waals surface area (Å²) in [5, 5.41) is 3.36. The van der Waals surface area contributed by atoms with Gasteiger partial charge in [-0.3, -0.25) is 9.78 Å². The van der Waals surface area contributed by atoms with Gasteiger partial charge in [-0.1, -0.05) is 30.3 Å². The molecule has 4 rings (SSSR count). The summed E-state index contributed by atoms with van der Waals surface area (Å²) in [4.78, 5) is 21.4. The zero-order valence-corrected chi connectivity index (χ0v) is 17.2. The second-order valence-corrected chi connectivity index (χ2v) is 7.68. The number of benzene rings is 1. The smallest absolute Gasteiger partial charge is 0.229 e. The quantitative estimate of drug-likeness (QED) is 0.568. The number of amides is 1. The number of anilines is 1. The SMILES string of the molecule is NC(=O)C(c1cccnc1)c1ccc(C2=CCCC2)nc1NCCc1cccc(F)c1.